The number of rotatable bonds is 0. The van der Waals surface area contributed by atoms with Crippen molar-refractivity contribution < 1.29 is 9.53 Å². The van der Waals surface area contributed by atoms with E-state index in [-0.39, 0.29) is 24.5 Å². The molecule has 14 heavy (non-hydrogen) atoms. The van der Waals surface area contributed by atoms with Crippen molar-refractivity contribution in [2.75, 3.05) is 13.1 Å². The van der Waals surface area contributed by atoms with Crippen LogP contribution in [-0.4, -0.2) is 35.7 Å². The van der Waals surface area contributed by atoms with Crippen LogP contribution in [0.5, 0.6) is 0 Å². The van der Waals surface area contributed by atoms with E-state index >= 15 is 0 Å². The third-order valence-corrected chi connectivity index (χ3v) is 1.88. The predicted octanol–water partition coefficient (Wildman–Crippen LogP) is 1.38. The van der Waals surface area contributed by atoms with Crippen LogP contribution in [0.2, 0.25) is 0 Å². The fourth-order valence-electron chi connectivity index (χ4n) is 1.28. The molecule has 0 spiro atoms. The summed E-state index contributed by atoms with van der Waals surface area (Å²) >= 11 is 0. The van der Waals surface area contributed by atoms with Crippen molar-refractivity contribution in [3.63, 3.8) is 0 Å². The van der Waals surface area contributed by atoms with Crippen LogP contribution in [0.3, 0.4) is 0 Å². The first-order chi connectivity index (χ1) is 5.88. The Hall–Kier alpha value is -0.480. The van der Waals surface area contributed by atoms with Crippen molar-refractivity contribution in [3.05, 3.63) is 0 Å². The second-order valence-corrected chi connectivity index (χ2v) is 4.48. The molecule has 1 aliphatic rings. The van der Waals surface area contributed by atoms with E-state index in [4.69, 9.17) is 10.5 Å². The van der Waals surface area contributed by atoms with E-state index in [1.165, 1.54) is 0 Å². The van der Waals surface area contributed by atoms with Gasteiger partial charge in [-0.25, -0.2) is 4.79 Å². The van der Waals surface area contributed by atoms with Crippen LogP contribution in [0.4, 0.5) is 4.79 Å². The largest absolute Gasteiger partial charge is 0.444 e. The minimum absolute atomic E-state index is 0. The number of carbonyl (C=O) groups excluding carboxylic acids is 1. The highest BCUT2D eigenvalue weighted by Crippen LogP contribution is 2.13. The fourth-order valence-corrected chi connectivity index (χ4v) is 1.28. The summed E-state index contributed by atoms with van der Waals surface area (Å²) in [6.45, 7) is 6.92. The zero-order chi connectivity index (χ0) is 10.1. The molecule has 84 valence electrons. The number of nitrogens with zero attached hydrogens (tertiary/aromatic N) is 1. The van der Waals surface area contributed by atoms with Crippen molar-refractivity contribution in [1.29, 1.82) is 0 Å². The number of carbonyl (C=O) groups is 1. The molecular formula is C9H19ClN2O2. The molecule has 5 heteroatoms. The Morgan fingerprint density at radius 3 is 2.43 bits per heavy atom. The van der Waals surface area contributed by atoms with Gasteiger partial charge in [0.1, 0.15) is 5.60 Å². The number of amides is 1. The number of hydrogen-bond donors (Lipinski definition) is 1. The molecule has 0 aromatic rings. The van der Waals surface area contributed by atoms with Crippen LogP contribution < -0.4 is 5.73 Å². The molecule has 1 aliphatic heterocycles. The molecule has 0 aromatic heterocycles. The minimum Gasteiger partial charge on any atom is -0.444 e. The maximum Gasteiger partial charge on any atom is 0.410 e. The fraction of sp³-hybridized carbons (Fsp3) is 0.889. The first kappa shape index (κ1) is 13.5. The Balaban J connectivity index is 0.00000169. The molecule has 0 aromatic carbocycles. The molecule has 0 saturated carbocycles. The minimum atomic E-state index is -0.413. The Bertz CT molecular complexity index is 203. The summed E-state index contributed by atoms with van der Waals surface area (Å²) in [6.07, 6.45) is 0.625. The molecule has 0 unspecified atom stereocenters. The smallest absolute Gasteiger partial charge is 0.410 e. The quantitative estimate of drug-likeness (QED) is 0.674. The molecule has 1 rings (SSSR count). The number of halogens is 1. The van der Waals surface area contributed by atoms with Crippen LogP contribution in [0.15, 0.2) is 0 Å². The summed E-state index contributed by atoms with van der Waals surface area (Å²) in [5, 5.41) is 0. The molecule has 1 amide bonds. The monoisotopic (exact) mass is 222 g/mol. The molecule has 1 heterocycles. The van der Waals surface area contributed by atoms with Gasteiger partial charge in [0.25, 0.3) is 0 Å². The Labute approximate surface area is 91.2 Å². The second-order valence-electron chi connectivity index (χ2n) is 4.48. The van der Waals surface area contributed by atoms with Crippen molar-refractivity contribution in [1.82, 2.24) is 4.90 Å². The van der Waals surface area contributed by atoms with E-state index in [0.29, 0.717) is 6.54 Å². The summed E-state index contributed by atoms with van der Waals surface area (Å²) in [4.78, 5) is 13.1. The lowest BCUT2D eigenvalue weighted by Gasteiger charge is -2.24. The maximum absolute atomic E-state index is 11.5. The average Bonchev–Trinajstić information content (AvgIpc) is 2.31. The second kappa shape index (κ2) is 4.84. The number of ether oxygens (including phenoxy) is 1. The van der Waals surface area contributed by atoms with Crippen molar-refractivity contribution in [2.24, 2.45) is 5.73 Å². The Morgan fingerprint density at radius 2 is 2.07 bits per heavy atom. The van der Waals surface area contributed by atoms with Crippen LogP contribution >= 0.6 is 12.4 Å². The normalized spacial score (nSPS) is 21.7. The molecule has 1 fully saturated rings. The molecule has 1 saturated heterocycles. The zero-order valence-electron chi connectivity index (χ0n) is 8.95. The summed E-state index contributed by atoms with van der Waals surface area (Å²) in [7, 11) is 0. The van der Waals surface area contributed by atoms with Gasteiger partial charge in [0.15, 0.2) is 0 Å². The summed E-state index contributed by atoms with van der Waals surface area (Å²) < 4.78 is 5.20. The van der Waals surface area contributed by atoms with E-state index in [0.717, 1.165) is 13.0 Å². The zero-order valence-corrected chi connectivity index (χ0v) is 9.76. The molecule has 4 nitrogen and oxygen atoms in total. The summed E-state index contributed by atoms with van der Waals surface area (Å²) in [6, 6.07) is 0.118. The third-order valence-electron chi connectivity index (χ3n) is 1.88. The van der Waals surface area contributed by atoms with Crippen molar-refractivity contribution in [3.8, 4) is 0 Å². The van der Waals surface area contributed by atoms with Gasteiger partial charge >= 0.3 is 6.09 Å². The van der Waals surface area contributed by atoms with Crippen molar-refractivity contribution in [2.45, 2.75) is 38.8 Å². The van der Waals surface area contributed by atoms with Crippen LogP contribution in [0.25, 0.3) is 0 Å². The van der Waals surface area contributed by atoms with Gasteiger partial charge in [-0.3, -0.25) is 0 Å². The summed E-state index contributed by atoms with van der Waals surface area (Å²) in [5.74, 6) is 0. The van der Waals surface area contributed by atoms with Gasteiger partial charge in [-0.15, -0.1) is 12.4 Å². The SMILES string of the molecule is CC(C)(C)OC(=O)N1CC[C@@H](N)C1.Cl. The molecule has 0 aliphatic carbocycles. The lowest BCUT2D eigenvalue weighted by molar-refractivity contribution is 0.0293. The molecular weight excluding hydrogens is 204 g/mol. The molecule has 1 atom stereocenters. The highest BCUT2D eigenvalue weighted by molar-refractivity contribution is 5.85. The van der Waals surface area contributed by atoms with Gasteiger partial charge in [0.2, 0.25) is 0 Å². The van der Waals surface area contributed by atoms with Crippen molar-refractivity contribution >= 4 is 18.5 Å². The maximum atomic E-state index is 11.5. The standard InChI is InChI=1S/C9H18N2O2.ClH/c1-9(2,3)13-8(12)11-5-4-7(10)6-11;/h7H,4-6,10H2,1-3H3;1H/t7-;/m1./s1. The third kappa shape index (κ3) is 4.15. The molecule has 0 bridgehead atoms. The van der Waals surface area contributed by atoms with Gasteiger partial charge in [-0.2, -0.15) is 0 Å². The highest BCUT2D eigenvalue weighted by atomic mass is 35.5. The number of hydrogen-bond acceptors (Lipinski definition) is 3. The lowest BCUT2D eigenvalue weighted by atomic mass is 10.2. The van der Waals surface area contributed by atoms with Gasteiger partial charge in [-0.1, -0.05) is 0 Å². The van der Waals surface area contributed by atoms with Gasteiger partial charge in [-0.05, 0) is 27.2 Å². The first-order valence-corrected chi connectivity index (χ1v) is 4.62. The first-order valence-electron chi connectivity index (χ1n) is 4.62. The van der Waals surface area contributed by atoms with E-state index in [9.17, 15) is 4.79 Å². The topological polar surface area (TPSA) is 55.6 Å². The molecule has 0 radical (unpaired) electrons. The van der Waals surface area contributed by atoms with Gasteiger partial charge in [0.05, 0.1) is 0 Å². The lowest BCUT2D eigenvalue weighted by Crippen LogP contribution is -2.36. The van der Waals surface area contributed by atoms with Gasteiger partial charge < -0.3 is 15.4 Å². The molecule has 2 N–H and O–H groups in total. The van der Waals surface area contributed by atoms with E-state index in [1.807, 2.05) is 20.8 Å². The Kier molecular flexibility index (Phi) is 4.68. The van der Waals surface area contributed by atoms with E-state index in [1.54, 1.807) is 4.90 Å². The van der Waals surface area contributed by atoms with Gasteiger partial charge in [0, 0.05) is 19.1 Å². The highest BCUT2D eigenvalue weighted by Gasteiger charge is 2.27. The van der Waals surface area contributed by atoms with Crippen LogP contribution in [0.1, 0.15) is 27.2 Å². The number of nitrogens with two attached hydrogens (primary N) is 1. The van der Waals surface area contributed by atoms with Crippen LogP contribution in [-0.2, 0) is 4.74 Å². The van der Waals surface area contributed by atoms with E-state index in [2.05, 4.69) is 0 Å². The van der Waals surface area contributed by atoms with E-state index < -0.39 is 5.60 Å². The Morgan fingerprint density at radius 1 is 1.50 bits per heavy atom. The van der Waals surface area contributed by atoms with Crippen LogP contribution in [0, 0.1) is 0 Å². The average molecular weight is 223 g/mol. The number of likely N-dealkylation sites (tertiary alicyclic amines) is 1. The summed E-state index contributed by atoms with van der Waals surface area (Å²) in [5.41, 5.74) is 5.26. The predicted molar refractivity (Wildman–Crippen MR) is 57.6 cm³/mol.